The number of para-hydroxylation sites is 1. The van der Waals surface area contributed by atoms with Crippen LogP contribution in [0.3, 0.4) is 0 Å². The van der Waals surface area contributed by atoms with Gasteiger partial charge >= 0.3 is 0 Å². The lowest BCUT2D eigenvalue weighted by Crippen LogP contribution is -2.03. The topological polar surface area (TPSA) is 12.0 Å². The van der Waals surface area contributed by atoms with Crippen molar-refractivity contribution in [2.24, 2.45) is 0 Å². The fourth-order valence-electron chi connectivity index (χ4n) is 1.50. The Bertz CT molecular complexity index is 277. The van der Waals surface area contributed by atoms with Crippen molar-refractivity contribution in [2.45, 2.75) is 32.6 Å². The van der Waals surface area contributed by atoms with Gasteiger partial charge in [0, 0.05) is 12.2 Å². The van der Waals surface area contributed by atoms with E-state index in [9.17, 15) is 0 Å². The van der Waals surface area contributed by atoms with E-state index >= 15 is 0 Å². The Hall–Kier alpha value is -1.24. The summed E-state index contributed by atoms with van der Waals surface area (Å²) in [5.74, 6) is 0. The van der Waals surface area contributed by atoms with E-state index in [0.29, 0.717) is 0 Å². The van der Waals surface area contributed by atoms with Gasteiger partial charge in [0.25, 0.3) is 0 Å². The van der Waals surface area contributed by atoms with Crippen molar-refractivity contribution in [3.63, 3.8) is 0 Å². The molecule has 1 aromatic rings. The average Bonchev–Trinajstić information content (AvgIpc) is 2.28. The van der Waals surface area contributed by atoms with Gasteiger partial charge in [0.2, 0.25) is 0 Å². The van der Waals surface area contributed by atoms with E-state index in [1.807, 2.05) is 18.2 Å². The summed E-state index contributed by atoms with van der Waals surface area (Å²) in [5, 5.41) is 3.37. The van der Waals surface area contributed by atoms with E-state index in [-0.39, 0.29) is 0 Å². The first-order valence-electron chi connectivity index (χ1n) is 5.78. The molecule has 0 aliphatic heterocycles. The smallest absolute Gasteiger partial charge is 0.0357 e. The monoisotopic (exact) mass is 203 g/mol. The zero-order valence-electron chi connectivity index (χ0n) is 9.63. The Balaban J connectivity index is 2.17. The normalized spacial score (nSPS) is 9.93. The fourth-order valence-corrected chi connectivity index (χ4v) is 1.50. The predicted octanol–water partition coefficient (Wildman–Crippen LogP) is 4.24. The van der Waals surface area contributed by atoms with Crippen LogP contribution >= 0.6 is 0 Å². The third-order valence-electron chi connectivity index (χ3n) is 2.45. The van der Waals surface area contributed by atoms with Gasteiger partial charge < -0.3 is 5.32 Å². The Labute approximate surface area is 93.2 Å². The van der Waals surface area contributed by atoms with Gasteiger partial charge in [-0.15, -0.1) is 0 Å². The molecule has 0 spiro atoms. The molecule has 0 saturated heterocycles. The van der Waals surface area contributed by atoms with Crippen molar-refractivity contribution in [3.05, 3.63) is 42.5 Å². The maximum Gasteiger partial charge on any atom is 0.0357 e. The van der Waals surface area contributed by atoms with Crippen LogP contribution in [0.15, 0.2) is 42.5 Å². The molecule has 0 fully saturated rings. The molecular formula is C14H21N. The molecule has 0 aliphatic rings. The molecule has 0 radical (unpaired) electrons. The standard InChI is InChI=1S/C14H21N/c1-3-4-6-9-13(2)12-15-14-10-7-5-8-11-14/h5,7-8,10-11,15H,2-4,6,9,12H2,1H3. The maximum atomic E-state index is 4.08. The summed E-state index contributed by atoms with van der Waals surface area (Å²) in [5.41, 5.74) is 2.47. The number of hydrogen-bond acceptors (Lipinski definition) is 1. The fraction of sp³-hybridized carbons (Fsp3) is 0.429. The Morgan fingerprint density at radius 2 is 1.93 bits per heavy atom. The maximum absolute atomic E-state index is 4.08. The van der Waals surface area contributed by atoms with Gasteiger partial charge in [0.05, 0.1) is 0 Å². The van der Waals surface area contributed by atoms with Crippen molar-refractivity contribution >= 4 is 5.69 Å². The number of nitrogens with one attached hydrogen (secondary N) is 1. The van der Waals surface area contributed by atoms with Crippen LogP contribution in [0.5, 0.6) is 0 Å². The molecule has 0 unspecified atom stereocenters. The molecule has 1 aromatic carbocycles. The highest BCUT2D eigenvalue weighted by molar-refractivity contribution is 5.43. The van der Waals surface area contributed by atoms with Crippen LogP contribution < -0.4 is 5.32 Å². The van der Waals surface area contributed by atoms with Gasteiger partial charge in [-0.3, -0.25) is 0 Å². The lowest BCUT2D eigenvalue weighted by molar-refractivity contribution is 0.710. The number of unbranched alkanes of at least 4 members (excludes halogenated alkanes) is 2. The van der Waals surface area contributed by atoms with E-state index < -0.39 is 0 Å². The van der Waals surface area contributed by atoms with Crippen LogP contribution in [-0.2, 0) is 0 Å². The first kappa shape index (κ1) is 11.8. The van der Waals surface area contributed by atoms with Crippen LogP contribution in [0.2, 0.25) is 0 Å². The third-order valence-corrected chi connectivity index (χ3v) is 2.45. The number of rotatable bonds is 7. The third kappa shape index (κ3) is 5.26. The Kier molecular flexibility index (Phi) is 5.60. The molecule has 1 N–H and O–H groups in total. The minimum absolute atomic E-state index is 0.897. The molecule has 0 heterocycles. The van der Waals surface area contributed by atoms with E-state index in [2.05, 4.69) is 31.0 Å². The summed E-state index contributed by atoms with van der Waals surface area (Å²) in [6.45, 7) is 7.20. The van der Waals surface area contributed by atoms with Gasteiger partial charge in [-0.05, 0) is 25.0 Å². The molecule has 0 amide bonds. The molecule has 0 bridgehead atoms. The van der Waals surface area contributed by atoms with E-state index in [1.54, 1.807) is 0 Å². The average molecular weight is 203 g/mol. The molecule has 1 rings (SSSR count). The number of anilines is 1. The Morgan fingerprint density at radius 3 is 2.60 bits per heavy atom. The van der Waals surface area contributed by atoms with Crippen LogP contribution in [-0.4, -0.2) is 6.54 Å². The summed E-state index contributed by atoms with van der Waals surface area (Å²) in [6, 6.07) is 10.3. The second-order valence-corrected chi connectivity index (χ2v) is 3.93. The molecule has 1 nitrogen and oxygen atoms in total. The molecule has 0 atom stereocenters. The molecule has 0 saturated carbocycles. The second kappa shape index (κ2) is 7.10. The van der Waals surface area contributed by atoms with Crippen molar-refractivity contribution in [1.29, 1.82) is 0 Å². The molecule has 0 aromatic heterocycles. The summed E-state index contributed by atoms with van der Waals surface area (Å²) in [6.07, 6.45) is 5.00. The summed E-state index contributed by atoms with van der Waals surface area (Å²) in [4.78, 5) is 0. The van der Waals surface area contributed by atoms with Gasteiger partial charge in [0.15, 0.2) is 0 Å². The van der Waals surface area contributed by atoms with Crippen LogP contribution in [0.1, 0.15) is 32.6 Å². The first-order valence-corrected chi connectivity index (χ1v) is 5.78. The minimum atomic E-state index is 0.897. The van der Waals surface area contributed by atoms with E-state index in [0.717, 1.165) is 13.0 Å². The zero-order chi connectivity index (χ0) is 10.9. The van der Waals surface area contributed by atoms with Crippen molar-refractivity contribution < 1.29 is 0 Å². The lowest BCUT2D eigenvalue weighted by Gasteiger charge is -2.08. The summed E-state index contributed by atoms with van der Waals surface area (Å²) >= 11 is 0. The van der Waals surface area contributed by atoms with Crippen molar-refractivity contribution in [2.75, 3.05) is 11.9 Å². The molecule has 0 aliphatic carbocycles. The van der Waals surface area contributed by atoms with Crippen molar-refractivity contribution in [1.82, 2.24) is 0 Å². The van der Waals surface area contributed by atoms with Crippen LogP contribution in [0, 0.1) is 0 Å². The molecule has 1 heteroatoms. The first-order chi connectivity index (χ1) is 7.33. The number of hydrogen-bond donors (Lipinski definition) is 1. The minimum Gasteiger partial charge on any atom is -0.381 e. The predicted molar refractivity (Wildman–Crippen MR) is 68.2 cm³/mol. The summed E-state index contributed by atoms with van der Waals surface area (Å²) < 4.78 is 0. The molecule has 15 heavy (non-hydrogen) atoms. The quantitative estimate of drug-likeness (QED) is 0.516. The highest BCUT2D eigenvalue weighted by atomic mass is 14.9. The number of benzene rings is 1. The van der Waals surface area contributed by atoms with E-state index in [4.69, 9.17) is 0 Å². The molecule has 82 valence electrons. The van der Waals surface area contributed by atoms with E-state index in [1.165, 1.54) is 30.5 Å². The SMILES string of the molecule is C=C(CCCCC)CNc1ccccc1. The van der Waals surface area contributed by atoms with Gasteiger partial charge in [0.1, 0.15) is 0 Å². The highest BCUT2D eigenvalue weighted by Crippen LogP contribution is 2.10. The summed E-state index contributed by atoms with van der Waals surface area (Å²) in [7, 11) is 0. The second-order valence-electron chi connectivity index (χ2n) is 3.93. The van der Waals surface area contributed by atoms with Crippen LogP contribution in [0.4, 0.5) is 5.69 Å². The van der Waals surface area contributed by atoms with Gasteiger partial charge in [-0.2, -0.15) is 0 Å². The highest BCUT2D eigenvalue weighted by Gasteiger charge is 1.94. The van der Waals surface area contributed by atoms with Gasteiger partial charge in [-0.1, -0.05) is 50.1 Å². The lowest BCUT2D eigenvalue weighted by atomic mass is 10.1. The van der Waals surface area contributed by atoms with Crippen molar-refractivity contribution in [3.8, 4) is 0 Å². The Morgan fingerprint density at radius 1 is 1.20 bits per heavy atom. The van der Waals surface area contributed by atoms with Crippen LogP contribution in [0.25, 0.3) is 0 Å². The largest absolute Gasteiger partial charge is 0.381 e. The zero-order valence-corrected chi connectivity index (χ0v) is 9.63. The molecular weight excluding hydrogens is 182 g/mol. The van der Waals surface area contributed by atoms with Gasteiger partial charge in [-0.25, -0.2) is 0 Å².